The van der Waals surface area contributed by atoms with Gasteiger partial charge in [-0.25, -0.2) is 0 Å². The molecule has 0 aliphatic heterocycles. The van der Waals surface area contributed by atoms with Crippen molar-refractivity contribution in [1.29, 1.82) is 0 Å². The maximum absolute atomic E-state index is 2.41. The van der Waals surface area contributed by atoms with E-state index in [1.165, 1.54) is 66.4 Å². The van der Waals surface area contributed by atoms with Crippen molar-refractivity contribution in [3.05, 3.63) is 278 Å². The van der Waals surface area contributed by atoms with E-state index in [-0.39, 0.29) is 5.41 Å². The van der Waals surface area contributed by atoms with E-state index in [9.17, 15) is 0 Å². The predicted octanol–water partition coefficient (Wildman–Crippen LogP) is 18.8. The van der Waals surface area contributed by atoms with Crippen LogP contribution in [0.3, 0.4) is 0 Å². The summed E-state index contributed by atoms with van der Waals surface area (Å²) in [4.78, 5) is 4.78. The molecule has 2 heteroatoms. The molecule has 0 aromatic heterocycles. The van der Waals surface area contributed by atoms with Crippen LogP contribution in [0.15, 0.2) is 267 Å². The zero-order valence-corrected chi connectivity index (χ0v) is 38.8. The Labute approximate surface area is 405 Å². The molecule has 12 rings (SSSR count). The quantitative estimate of drug-likeness (QED) is 0.135. The Kier molecular flexibility index (Phi) is 10.6. The van der Waals surface area contributed by atoms with Gasteiger partial charge in [0, 0.05) is 39.2 Å². The smallest absolute Gasteiger partial charge is 0.0540 e. The van der Waals surface area contributed by atoms with Gasteiger partial charge in [0.1, 0.15) is 0 Å². The molecule has 11 aromatic rings. The van der Waals surface area contributed by atoms with Crippen molar-refractivity contribution in [3.63, 3.8) is 0 Å². The summed E-state index contributed by atoms with van der Waals surface area (Å²) < 4.78 is 0. The molecule has 0 unspecified atom stereocenters. The van der Waals surface area contributed by atoms with Gasteiger partial charge in [-0.1, -0.05) is 208 Å². The summed E-state index contributed by atoms with van der Waals surface area (Å²) >= 11 is 0. The average Bonchev–Trinajstić information content (AvgIpc) is 3.65. The number of benzene rings is 11. The Morgan fingerprint density at radius 3 is 1.23 bits per heavy atom. The standard InChI is InChI=1S/C67H50N2/c1-67(2)64-25-12-11-24-62(64)63-44-43-60(46-65(63)67)68(56-35-27-49(28-36-56)47-15-5-3-6-16-47)57-37-29-50(30-38-57)51-31-39-58(40-32-51)69(66-26-14-20-53-19-9-10-23-61(53)66)59-41-33-52(34-42-59)55-22-13-21-54(45-55)48-17-7-4-8-18-48/h3-46H,1-2H3. The molecule has 0 saturated carbocycles. The monoisotopic (exact) mass is 882 g/mol. The fraction of sp³-hybridized carbons (Fsp3) is 0.0448. The number of hydrogen-bond acceptors (Lipinski definition) is 2. The third kappa shape index (κ3) is 7.76. The summed E-state index contributed by atoms with van der Waals surface area (Å²) in [6.07, 6.45) is 0. The Morgan fingerprint density at radius 2 is 0.652 bits per heavy atom. The number of rotatable bonds is 10. The second-order valence-electron chi connectivity index (χ2n) is 18.6. The Bertz CT molecular complexity index is 3590. The van der Waals surface area contributed by atoms with Crippen molar-refractivity contribution >= 4 is 44.9 Å². The molecule has 0 bridgehead atoms. The maximum Gasteiger partial charge on any atom is 0.0540 e. The van der Waals surface area contributed by atoms with Crippen LogP contribution in [0, 0.1) is 0 Å². The first-order chi connectivity index (χ1) is 34.0. The van der Waals surface area contributed by atoms with E-state index >= 15 is 0 Å². The van der Waals surface area contributed by atoms with Crippen LogP contribution in [0.5, 0.6) is 0 Å². The third-order valence-corrected chi connectivity index (χ3v) is 14.1. The topological polar surface area (TPSA) is 6.48 Å². The van der Waals surface area contributed by atoms with Crippen LogP contribution in [0.1, 0.15) is 25.0 Å². The largest absolute Gasteiger partial charge is 0.310 e. The minimum atomic E-state index is -0.108. The lowest BCUT2D eigenvalue weighted by Gasteiger charge is -2.28. The summed E-state index contributed by atoms with van der Waals surface area (Å²) in [5.41, 5.74) is 21.5. The second kappa shape index (κ2) is 17.5. The molecule has 69 heavy (non-hydrogen) atoms. The molecule has 11 aromatic carbocycles. The van der Waals surface area contributed by atoms with Crippen LogP contribution in [0.25, 0.3) is 66.4 Å². The highest BCUT2D eigenvalue weighted by Gasteiger charge is 2.35. The summed E-state index contributed by atoms with van der Waals surface area (Å²) in [7, 11) is 0. The molecule has 328 valence electrons. The van der Waals surface area contributed by atoms with E-state index in [4.69, 9.17) is 0 Å². The molecule has 0 saturated heterocycles. The van der Waals surface area contributed by atoms with Gasteiger partial charge in [-0.2, -0.15) is 0 Å². The van der Waals surface area contributed by atoms with Crippen LogP contribution in [0.2, 0.25) is 0 Å². The lowest BCUT2D eigenvalue weighted by Crippen LogP contribution is -2.16. The fourth-order valence-electron chi connectivity index (χ4n) is 10.5. The van der Waals surface area contributed by atoms with Crippen molar-refractivity contribution in [2.24, 2.45) is 0 Å². The van der Waals surface area contributed by atoms with Gasteiger partial charge < -0.3 is 9.80 Å². The molecular formula is C67H50N2. The molecule has 0 fully saturated rings. The highest BCUT2D eigenvalue weighted by Crippen LogP contribution is 2.51. The molecule has 1 aliphatic carbocycles. The van der Waals surface area contributed by atoms with Crippen LogP contribution in [-0.2, 0) is 5.41 Å². The number of anilines is 6. The summed E-state index contributed by atoms with van der Waals surface area (Å²) in [5, 5.41) is 2.41. The Hall–Kier alpha value is -8.72. The Balaban J connectivity index is 0.883. The predicted molar refractivity (Wildman–Crippen MR) is 293 cm³/mol. The van der Waals surface area contributed by atoms with Crippen molar-refractivity contribution in [2.75, 3.05) is 9.80 Å². The molecule has 0 N–H and O–H groups in total. The third-order valence-electron chi connectivity index (χ3n) is 14.1. The number of fused-ring (bicyclic) bond motifs is 4. The highest BCUT2D eigenvalue weighted by molar-refractivity contribution is 5.99. The van der Waals surface area contributed by atoms with Gasteiger partial charge in [-0.05, 0) is 145 Å². The second-order valence-corrected chi connectivity index (χ2v) is 18.6. The highest BCUT2D eigenvalue weighted by atomic mass is 15.1. The van der Waals surface area contributed by atoms with Crippen molar-refractivity contribution in [3.8, 4) is 55.6 Å². The average molecular weight is 883 g/mol. The first-order valence-corrected chi connectivity index (χ1v) is 23.9. The first kappa shape index (κ1) is 41.7. The van der Waals surface area contributed by atoms with E-state index in [0.717, 1.165) is 45.3 Å². The molecule has 0 amide bonds. The minimum Gasteiger partial charge on any atom is -0.310 e. The zero-order valence-electron chi connectivity index (χ0n) is 38.8. The van der Waals surface area contributed by atoms with Crippen molar-refractivity contribution < 1.29 is 0 Å². The summed E-state index contributed by atoms with van der Waals surface area (Å²) in [6, 6.07) is 97.2. The van der Waals surface area contributed by atoms with Crippen LogP contribution in [-0.4, -0.2) is 0 Å². The van der Waals surface area contributed by atoms with E-state index < -0.39 is 0 Å². The van der Waals surface area contributed by atoms with Gasteiger partial charge in [0.25, 0.3) is 0 Å². The van der Waals surface area contributed by atoms with Crippen molar-refractivity contribution in [1.82, 2.24) is 0 Å². The molecule has 1 aliphatic rings. The lowest BCUT2D eigenvalue weighted by atomic mass is 9.82. The van der Waals surface area contributed by atoms with E-state index in [0.29, 0.717) is 0 Å². The summed E-state index contributed by atoms with van der Waals surface area (Å²) in [6.45, 7) is 4.70. The number of hydrogen-bond donors (Lipinski definition) is 0. The van der Waals surface area contributed by atoms with E-state index in [1.54, 1.807) is 0 Å². The van der Waals surface area contributed by atoms with Gasteiger partial charge in [-0.15, -0.1) is 0 Å². The first-order valence-electron chi connectivity index (χ1n) is 23.9. The SMILES string of the molecule is CC1(C)c2ccccc2-c2ccc(N(c3ccc(-c4ccccc4)cc3)c3ccc(-c4ccc(N(c5ccc(-c6cccc(-c7ccccc7)c6)cc5)c5cccc6ccccc56)cc4)cc3)cc21. The van der Waals surface area contributed by atoms with E-state index in [1.807, 2.05) is 0 Å². The molecule has 2 nitrogen and oxygen atoms in total. The number of nitrogens with zero attached hydrogens (tertiary/aromatic N) is 2. The van der Waals surface area contributed by atoms with Crippen LogP contribution >= 0.6 is 0 Å². The summed E-state index contributed by atoms with van der Waals surface area (Å²) in [5.74, 6) is 0. The normalized spacial score (nSPS) is 12.3. The molecule has 0 radical (unpaired) electrons. The van der Waals surface area contributed by atoms with Gasteiger partial charge in [-0.3, -0.25) is 0 Å². The van der Waals surface area contributed by atoms with E-state index in [2.05, 4.69) is 291 Å². The molecule has 0 spiro atoms. The van der Waals surface area contributed by atoms with Gasteiger partial charge in [0.2, 0.25) is 0 Å². The van der Waals surface area contributed by atoms with Crippen molar-refractivity contribution in [2.45, 2.75) is 19.3 Å². The Morgan fingerprint density at radius 1 is 0.261 bits per heavy atom. The molecule has 0 atom stereocenters. The minimum absolute atomic E-state index is 0.108. The van der Waals surface area contributed by atoms with Gasteiger partial charge in [0.05, 0.1) is 5.69 Å². The molecular weight excluding hydrogens is 833 g/mol. The van der Waals surface area contributed by atoms with Gasteiger partial charge in [0.15, 0.2) is 0 Å². The fourth-order valence-corrected chi connectivity index (χ4v) is 10.5. The van der Waals surface area contributed by atoms with Gasteiger partial charge >= 0.3 is 0 Å². The maximum atomic E-state index is 2.41. The zero-order chi connectivity index (χ0) is 46.3. The van der Waals surface area contributed by atoms with Crippen LogP contribution in [0.4, 0.5) is 34.1 Å². The van der Waals surface area contributed by atoms with Crippen LogP contribution < -0.4 is 9.80 Å². The molecule has 0 heterocycles. The lowest BCUT2D eigenvalue weighted by molar-refractivity contribution is 0.660.